The maximum Gasteiger partial charge on any atom is 0.270 e. The van der Waals surface area contributed by atoms with Crippen LogP contribution in [0.2, 0.25) is 0 Å². The molecule has 0 saturated carbocycles. The van der Waals surface area contributed by atoms with Crippen LogP contribution in [0.5, 0.6) is 0 Å². The van der Waals surface area contributed by atoms with Crippen molar-refractivity contribution in [2.75, 3.05) is 32.7 Å². The number of nitrogens with zero attached hydrogens (tertiary/aromatic N) is 4. The SMILES string of the molecule is CCC(CC)C(=O)N1CCN(C(=O)CCCN2C(=O)c3ccc([N+](=O)[O-])cc3C2=O)CC1. The molecule has 10 heteroatoms. The quantitative estimate of drug-likeness (QED) is 0.344. The fourth-order valence-electron chi connectivity index (χ4n) is 4.21. The molecule has 3 rings (SSSR count). The summed E-state index contributed by atoms with van der Waals surface area (Å²) < 4.78 is 0. The predicted molar refractivity (Wildman–Crippen MR) is 115 cm³/mol. The summed E-state index contributed by atoms with van der Waals surface area (Å²) in [4.78, 5) is 64.9. The molecule has 0 bridgehead atoms. The standard InChI is InChI=1S/C22H28N4O6/c1-3-15(4-2)20(28)24-12-10-23(11-13-24)19(27)6-5-9-25-21(29)17-8-7-16(26(31)32)14-18(17)22(25)30/h7-8,14-15H,3-6,9-13H2,1-2H3. The van der Waals surface area contributed by atoms with E-state index >= 15 is 0 Å². The summed E-state index contributed by atoms with van der Waals surface area (Å²) in [6.45, 7) is 6.04. The molecule has 4 amide bonds. The lowest BCUT2D eigenvalue weighted by atomic mass is 10.0. The van der Waals surface area contributed by atoms with Gasteiger partial charge < -0.3 is 9.80 Å². The molecule has 0 aliphatic carbocycles. The molecule has 1 fully saturated rings. The third kappa shape index (κ3) is 4.63. The maximum absolute atomic E-state index is 12.6. The van der Waals surface area contributed by atoms with Gasteiger partial charge in [0.25, 0.3) is 17.5 Å². The second-order valence-corrected chi connectivity index (χ2v) is 8.07. The Bertz CT molecular complexity index is 934. The van der Waals surface area contributed by atoms with Crippen molar-refractivity contribution in [3.8, 4) is 0 Å². The highest BCUT2D eigenvalue weighted by molar-refractivity contribution is 6.21. The van der Waals surface area contributed by atoms with Gasteiger partial charge in [0.2, 0.25) is 11.8 Å². The zero-order valence-corrected chi connectivity index (χ0v) is 18.4. The van der Waals surface area contributed by atoms with Crippen LogP contribution in [0.4, 0.5) is 5.69 Å². The molecule has 172 valence electrons. The Hall–Kier alpha value is -3.30. The first-order chi connectivity index (χ1) is 15.3. The van der Waals surface area contributed by atoms with Gasteiger partial charge in [-0.1, -0.05) is 13.8 Å². The Balaban J connectivity index is 1.48. The zero-order valence-electron chi connectivity index (χ0n) is 18.4. The minimum absolute atomic E-state index is 0.0220. The van der Waals surface area contributed by atoms with Gasteiger partial charge in [0.15, 0.2) is 0 Å². The summed E-state index contributed by atoms with van der Waals surface area (Å²) in [5, 5.41) is 10.9. The van der Waals surface area contributed by atoms with E-state index in [-0.39, 0.29) is 47.5 Å². The number of hydrogen-bond donors (Lipinski definition) is 0. The summed E-state index contributed by atoms with van der Waals surface area (Å²) in [7, 11) is 0. The molecule has 0 unspecified atom stereocenters. The number of nitro benzene ring substituents is 1. The highest BCUT2D eigenvalue weighted by Crippen LogP contribution is 2.27. The third-order valence-corrected chi connectivity index (χ3v) is 6.22. The van der Waals surface area contributed by atoms with E-state index in [4.69, 9.17) is 0 Å². The van der Waals surface area contributed by atoms with E-state index in [0.29, 0.717) is 32.6 Å². The van der Waals surface area contributed by atoms with Gasteiger partial charge >= 0.3 is 0 Å². The molecule has 32 heavy (non-hydrogen) atoms. The highest BCUT2D eigenvalue weighted by Gasteiger charge is 2.36. The van der Waals surface area contributed by atoms with E-state index in [1.807, 2.05) is 18.7 Å². The van der Waals surface area contributed by atoms with E-state index in [1.165, 1.54) is 12.1 Å². The van der Waals surface area contributed by atoms with Crippen molar-refractivity contribution in [1.82, 2.24) is 14.7 Å². The number of fused-ring (bicyclic) bond motifs is 1. The fourth-order valence-corrected chi connectivity index (χ4v) is 4.21. The van der Waals surface area contributed by atoms with Gasteiger partial charge in [-0.2, -0.15) is 0 Å². The van der Waals surface area contributed by atoms with Crippen molar-refractivity contribution in [1.29, 1.82) is 0 Å². The molecule has 1 aromatic rings. The van der Waals surface area contributed by atoms with Gasteiger partial charge in [-0.3, -0.25) is 34.2 Å². The molecule has 0 radical (unpaired) electrons. The second-order valence-electron chi connectivity index (χ2n) is 8.07. The van der Waals surface area contributed by atoms with Crippen molar-refractivity contribution in [3.63, 3.8) is 0 Å². The average Bonchev–Trinajstić information content (AvgIpc) is 3.04. The Morgan fingerprint density at radius 1 is 1.00 bits per heavy atom. The number of nitro groups is 1. The number of non-ortho nitro benzene ring substituents is 1. The summed E-state index contributed by atoms with van der Waals surface area (Å²) in [6, 6.07) is 3.61. The van der Waals surface area contributed by atoms with Gasteiger partial charge in [0, 0.05) is 57.2 Å². The molecule has 0 aromatic heterocycles. The molecule has 0 N–H and O–H groups in total. The lowest BCUT2D eigenvalue weighted by Crippen LogP contribution is -2.52. The van der Waals surface area contributed by atoms with Crippen molar-refractivity contribution in [3.05, 3.63) is 39.4 Å². The molecule has 1 aromatic carbocycles. The van der Waals surface area contributed by atoms with Crippen LogP contribution in [0.3, 0.4) is 0 Å². The van der Waals surface area contributed by atoms with E-state index in [9.17, 15) is 29.3 Å². The number of amides is 4. The van der Waals surface area contributed by atoms with Crippen LogP contribution in [0, 0.1) is 16.0 Å². The first kappa shape index (κ1) is 23.4. The van der Waals surface area contributed by atoms with Crippen LogP contribution in [-0.2, 0) is 9.59 Å². The molecule has 2 aliphatic heterocycles. The molecule has 0 spiro atoms. The lowest BCUT2D eigenvalue weighted by Gasteiger charge is -2.36. The molecule has 0 atom stereocenters. The van der Waals surface area contributed by atoms with Crippen molar-refractivity contribution in [2.45, 2.75) is 39.5 Å². The van der Waals surface area contributed by atoms with Crippen LogP contribution in [-0.4, -0.2) is 76.0 Å². The first-order valence-electron chi connectivity index (χ1n) is 11.0. The molecular formula is C22H28N4O6. The highest BCUT2D eigenvalue weighted by atomic mass is 16.6. The van der Waals surface area contributed by atoms with Gasteiger partial charge in [0.05, 0.1) is 16.1 Å². The predicted octanol–water partition coefficient (Wildman–Crippen LogP) is 2.08. The third-order valence-electron chi connectivity index (χ3n) is 6.22. The van der Waals surface area contributed by atoms with Crippen LogP contribution in [0.25, 0.3) is 0 Å². The number of carbonyl (C=O) groups is 4. The summed E-state index contributed by atoms with van der Waals surface area (Å²) in [5.41, 5.74) is -0.0808. The van der Waals surface area contributed by atoms with E-state index in [0.717, 1.165) is 23.8 Å². The number of carbonyl (C=O) groups excluding carboxylic acids is 4. The Labute approximate surface area is 186 Å². The van der Waals surface area contributed by atoms with Crippen molar-refractivity contribution < 1.29 is 24.1 Å². The summed E-state index contributed by atoms with van der Waals surface area (Å²) in [5.74, 6) is -0.978. The first-order valence-corrected chi connectivity index (χ1v) is 11.0. The molecule has 10 nitrogen and oxygen atoms in total. The number of piperazine rings is 1. The zero-order chi connectivity index (χ0) is 23.4. The Morgan fingerprint density at radius 2 is 1.59 bits per heavy atom. The minimum atomic E-state index is -0.614. The fraction of sp³-hybridized carbons (Fsp3) is 0.545. The number of rotatable bonds is 8. The summed E-state index contributed by atoms with van der Waals surface area (Å²) in [6.07, 6.45) is 2.09. The monoisotopic (exact) mass is 444 g/mol. The Kier molecular flexibility index (Phi) is 7.22. The molecular weight excluding hydrogens is 416 g/mol. The number of hydrogen-bond acceptors (Lipinski definition) is 6. The molecule has 1 saturated heterocycles. The Morgan fingerprint density at radius 3 is 2.19 bits per heavy atom. The van der Waals surface area contributed by atoms with Gasteiger partial charge in [0.1, 0.15) is 0 Å². The maximum atomic E-state index is 12.6. The largest absolute Gasteiger partial charge is 0.339 e. The van der Waals surface area contributed by atoms with Gasteiger partial charge in [-0.25, -0.2) is 0 Å². The topological polar surface area (TPSA) is 121 Å². The van der Waals surface area contributed by atoms with Crippen molar-refractivity contribution in [2.24, 2.45) is 5.92 Å². The minimum Gasteiger partial charge on any atom is -0.339 e. The van der Waals surface area contributed by atoms with Gasteiger partial charge in [-0.15, -0.1) is 0 Å². The lowest BCUT2D eigenvalue weighted by molar-refractivity contribution is -0.384. The van der Waals surface area contributed by atoms with Crippen LogP contribution < -0.4 is 0 Å². The van der Waals surface area contributed by atoms with Crippen LogP contribution in [0.15, 0.2) is 18.2 Å². The smallest absolute Gasteiger partial charge is 0.270 e. The van der Waals surface area contributed by atoms with E-state index in [1.54, 1.807) is 4.90 Å². The van der Waals surface area contributed by atoms with E-state index in [2.05, 4.69) is 0 Å². The molecule has 2 aliphatic rings. The second kappa shape index (κ2) is 9.88. The van der Waals surface area contributed by atoms with Gasteiger partial charge in [-0.05, 0) is 25.3 Å². The average molecular weight is 444 g/mol. The number of benzene rings is 1. The molecule has 2 heterocycles. The van der Waals surface area contributed by atoms with Crippen molar-refractivity contribution >= 4 is 29.3 Å². The number of imide groups is 1. The normalized spacial score (nSPS) is 16.0. The van der Waals surface area contributed by atoms with Crippen LogP contribution >= 0.6 is 0 Å². The van der Waals surface area contributed by atoms with Crippen LogP contribution in [0.1, 0.15) is 60.2 Å². The summed E-state index contributed by atoms with van der Waals surface area (Å²) >= 11 is 0. The van der Waals surface area contributed by atoms with E-state index < -0.39 is 16.7 Å².